The maximum absolute atomic E-state index is 5.67. The smallest absolute Gasteiger partial charge is 0.216 e. The number of nitrogens with one attached hydrogen (secondary N) is 1. The van der Waals surface area contributed by atoms with E-state index in [0.717, 1.165) is 30.8 Å². The fraction of sp³-hybridized carbons (Fsp3) is 0.471. The van der Waals surface area contributed by atoms with Gasteiger partial charge in [0.15, 0.2) is 5.82 Å². The summed E-state index contributed by atoms with van der Waals surface area (Å²) in [5, 5.41) is 11.6. The number of ether oxygens (including phenoxy) is 1. The predicted molar refractivity (Wildman–Crippen MR) is 93.5 cm³/mol. The lowest BCUT2D eigenvalue weighted by Crippen LogP contribution is -2.10. The van der Waals surface area contributed by atoms with Crippen molar-refractivity contribution in [2.24, 2.45) is 5.10 Å². The van der Waals surface area contributed by atoms with Crippen molar-refractivity contribution in [1.82, 2.24) is 14.9 Å². The molecule has 1 aromatic carbocycles. The van der Waals surface area contributed by atoms with Crippen LogP contribution >= 0.6 is 12.2 Å². The van der Waals surface area contributed by atoms with E-state index in [4.69, 9.17) is 17.0 Å². The highest BCUT2D eigenvalue weighted by atomic mass is 32.1. The molecule has 1 unspecified atom stereocenters. The van der Waals surface area contributed by atoms with E-state index >= 15 is 0 Å². The third-order valence-electron chi connectivity index (χ3n) is 3.99. The second-order valence-corrected chi connectivity index (χ2v) is 7.20. The van der Waals surface area contributed by atoms with Crippen molar-refractivity contribution in [2.45, 2.75) is 45.1 Å². The summed E-state index contributed by atoms with van der Waals surface area (Å²) in [5.74, 6) is 0.745. The second kappa shape index (κ2) is 6.37. The fourth-order valence-corrected chi connectivity index (χ4v) is 2.79. The van der Waals surface area contributed by atoms with E-state index in [-0.39, 0.29) is 11.5 Å². The first-order valence-electron chi connectivity index (χ1n) is 7.89. The number of nitrogens with zero attached hydrogens (tertiary/aromatic N) is 3. The minimum Gasteiger partial charge on any atom is -0.370 e. The van der Waals surface area contributed by atoms with Gasteiger partial charge < -0.3 is 4.74 Å². The summed E-state index contributed by atoms with van der Waals surface area (Å²) in [7, 11) is 0. The first-order chi connectivity index (χ1) is 10.9. The highest BCUT2D eigenvalue weighted by Crippen LogP contribution is 2.27. The highest BCUT2D eigenvalue weighted by Gasteiger charge is 2.23. The van der Waals surface area contributed by atoms with E-state index in [0.29, 0.717) is 4.77 Å². The van der Waals surface area contributed by atoms with Gasteiger partial charge in [-0.1, -0.05) is 45.0 Å². The van der Waals surface area contributed by atoms with E-state index < -0.39 is 0 Å². The Morgan fingerprint density at radius 2 is 2.09 bits per heavy atom. The quantitative estimate of drug-likeness (QED) is 0.684. The third kappa shape index (κ3) is 3.59. The van der Waals surface area contributed by atoms with Gasteiger partial charge in [-0.15, -0.1) is 0 Å². The van der Waals surface area contributed by atoms with Crippen molar-refractivity contribution in [1.29, 1.82) is 0 Å². The van der Waals surface area contributed by atoms with E-state index in [1.54, 1.807) is 10.9 Å². The SMILES string of the molecule is CC(C)(C)c1ccc(/C=N\n2c(C3CCCO3)n[nH]c2=S)cc1. The monoisotopic (exact) mass is 330 g/mol. The van der Waals surface area contributed by atoms with Gasteiger partial charge in [0.1, 0.15) is 6.10 Å². The summed E-state index contributed by atoms with van der Waals surface area (Å²) >= 11 is 5.27. The van der Waals surface area contributed by atoms with Crippen LogP contribution in [0.15, 0.2) is 29.4 Å². The summed E-state index contributed by atoms with van der Waals surface area (Å²) < 4.78 is 7.81. The number of rotatable bonds is 3. The van der Waals surface area contributed by atoms with Crippen molar-refractivity contribution < 1.29 is 4.74 Å². The molecule has 5 nitrogen and oxygen atoms in total. The topological polar surface area (TPSA) is 55.2 Å². The van der Waals surface area contributed by atoms with E-state index in [1.165, 1.54) is 5.56 Å². The molecule has 122 valence electrons. The molecule has 0 spiro atoms. The average Bonchev–Trinajstić information content (AvgIpc) is 3.14. The molecule has 0 bridgehead atoms. The molecule has 6 heteroatoms. The molecule has 0 aliphatic carbocycles. The molecule has 1 aliphatic heterocycles. The molecule has 3 rings (SSSR count). The molecule has 0 saturated carbocycles. The van der Waals surface area contributed by atoms with Crippen molar-refractivity contribution in [3.8, 4) is 0 Å². The van der Waals surface area contributed by atoms with Gasteiger partial charge in [-0.2, -0.15) is 14.9 Å². The van der Waals surface area contributed by atoms with Crippen molar-refractivity contribution in [3.05, 3.63) is 46.0 Å². The Hall–Kier alpha value is -1.79. The van der Waals surface area contributed by atoms with Gasteiger partial charge in [-0.05, 0) is 41.6 Å². The van der Waals surface area contributed by atoms with E-state index in [1.807, 2.05) is 0 Å². The van der Waals surface area contributed by atoms with Crippen LogP contribution in [0.1, 0.15) is 56.7 Å². The van der Waals surface area contributed by atoms with Crippen molar-refractivity contribution in [3.63, 3.8) is 0 Å². The van der Waals surface area contributed by atoms with Crippen LogP contribution in [-0.4, -0.2) is 27.7 Å². The van der Waals surface area contributed by atoms with Crippen LogP contribution in [0.5, 0.6) is 0 Å². The Bertz CT molecular complexity index is 746. The maximum Gasteiger partial charge on any atom is 0.216 e. The molecule has 1 saturated heterocycles. The Kier molecular flexibility index (Phi) is 4.46. The molecular weight excluding hydrogens is 308 g/mol. The lowest BCUT2D eigenvalue weighted by atomic mass is 9.87. The molecule has 2 heterocycles. The summed E-state index contributed by atoms with van der Waals surface area (Å²) in [5.41, 5.74) is 2.48. The predicted octanol–water partition coefficient (Wildman–Crippen LogP) is 3.97. The van der Waals surface area contributed by atoms with Crippen LogP contribution in [0.25, 0.3) is 0 Å². The fourth-order valence-electron chi connectivity index (χ4n) is 2.60. The van der Waals surface area contributed by atoms with Gasteiger partial charge in [-0.3, -0.25) is 5.10 Å². The molecule has 23 heavy (non-hydrogen) atoms. The molecule has 2 aromatic rings. The van der Waals surface area contributed by atoms with Gasteiger partial charge in [0, 0.05) is 6.61 Å². The summed E-state index contributed by atoms with van der Waals surface area (Å²) in [6.07, 6.45) is 3.77. The van der Waals surface area contributed by atoms with Gasteiger partial charge in [-0.25, -0.2) is 0 Å². The molecule has 1 atom stereocenters. The summed E-state index contributed by atoms with van der Waals surface area (Å²) in [4.78, 5) is 0. The first-order valence-corrected chi connectivity index (χ1v) is 8.30. The third-order valence-corrected chi connectivity index (χ3v) is 4.26. The largest absolute Gasteiger partial charge is 0.370 e. The molecular formula is C17H22N4OS. The van der Waals surface area contributed by atoms with Gasteiger partial charge in [0.2, 0.25) is 4.77 Å². The molecule has 0 radical (unpaired) electrons. The normalized spacial score (nSPS) is 18.8. The Labute approximate surface area is 141 Å². The van der Waals surface area contributed by atoms with E-state index in [2.05, 4.69) is 60.3 Å². The van der Waals surface area contributed by atoms with Crippen LogP contribution < -0.4 is 0 Å². The van der Waals surface area contributed by atoms with Gasteiger partial charge >= 0.3 is 0 Å². The minimum absolute atomic E-state index is 0.0247. The standard InChI is InChI=1S/C17H22N4OS/c1-17(2,3)13-8-6-12(7-9-13)11-18-21-15(19-20-16(21)23)14-5-4-10-22-14/h6-9,11,14H,4-5,10H2,1-3H3,(H,20,23)/b18-11-. The summed E-state index contributed by atoms with van der Waals surface area (Å²) in [6.45, 7) is 7.38. The molecule has 1 aromatic heterocycles. The Morgan fingerprint density at radius 1 is 1.35 bits per heavy atom. The lowest BCUT2D eigenvalue weighted by Gasteiger charge is -2.18. The van der Waals surface area contributed by atoms with Crippen LogP contribution in [0.4, 0.5) is 0 Å². The number of H-pyrrole nitrogens is 1. The summed E-state index contributed by atoms with van der Waals surface area (Å²) in [6, 6.07) is 8.41. The molecule has 0 amide bonds. The van der Waals surface area contributed by atoms with Crippen LogP contribution in [0, 0.1) is 4.77 Å². The number of benzene rings is 1. The van der Waals surface area contributed by atoms with Crippen LogP contribution in [-0.2, 0) is 10.2 Å². The Morgan fingerprint density at radius 3 is 2.70 bits per heavy atom. The zero-order valence-electron chi connectivity index (χ0n) is 13.7. The highest BCUT2D eigenvalue weighted by molar-refractivity contribution is 7.71. The molecule has 1 fully saturated rings. The number of hydrogen-bond donors (Lipinski definition) is 1. The number of aromatic nitrogens is 3. The van der Waals surface area contributed by atoms with E-state index in [9.17, 15) is 0 Å². The maximum atomic E-state index is 5.67. The minimum atomic E-state index is -0.0247. The first kappa shape index (κ1) is 16.1. The van der Waals surface area contributed by atoms with Crippen molar-refractivity contribution >= 4 is 18.4 Å². The van der Waals surface area contributed by atoms with Gasteiger partial charge in [0.05, 0.1) is 6.21 Å². The van der Waals surface area contributed by atoms with Crippen molar-refractivity contribution in [2.75, 3.05) is 6.61 Å². The molecule has 1 N–H and O–H groups in total. The lowest BCUT2D eigenvalue weighted by molar-refractivity contribution is 0.102. The molecule has 1 aliphatic rings. The second-order valence-electron chi connectivity index (χ2n) is 6.82. The van der Waals surface area contributed by atoms with Gasteiger partial charge in [0.25, 0.3) is 0 Å². The van der Waals surface area contributed by atoms with Crippen LogP contribution in [0.3, 0.4) is 0 Å². The zero-order chi connectivity index (χ0) is 16.4. The number of hydrogen-bond acceptors (Lipinski definition) is 4. The Balaban J connectivity index is 1.83. The number of aromatic amines is 1. The average molecular weight is 330 g/mol. The van der Waals surface area contributed by atoms with Crippen LogP contribution in [0.2, 0.25) is 0 Å². The zero-order valence-corrected chi connectivity index (χ0v) is 14.6.